The van der Waals surface area contributed by atoms with Crippen LogP contribution in [-0.2, 0) is 9.47 Å². The van der Waals surface area contributed by atoms with Gasteiger partial charge in [-0.3, -0.25) is 4.79 Å². The van der Waals surface area contributed by atoms with Crippen LogP contribution in [0.25, 0.3) is 22.3 Å². The number of rotatable bonds is 4. The second-order valence-corrected chi connectivity index (χ2v) is 9.93. The molecule has 222 valence electrons. The second kappa shape index (κ2) is 10.7. The summed E-state index contributed by atoms with van der Waals surface area (Å²) in [7, 11) is 0. The van der Waals surface area contributed by atoms with Crippen molar-refractivity contribution < 1.29 is 70.1 Å². The van der Waals surface area contributed by atoms with E-state index in [4.69, 9.17) is 13.9 Å². The minimum absolute atomic E-state index is 0.174. The van der Waals surface area contributed by atoms with Gasteiger partial charge in [0.05, 0.1) is 29.9 Å². The van der Waals surface area contributed by atoms with Crippen LogP contribution in [0.4, 0.5) is 0 Å². The molecule has 1 aromatic heterocycles. The Labute approximate surface area is 229 Å². The highest BCUT2D eigenvalue weighted by atomic mass is 16.5. The third-order valence-corrected chi connectivity index (χ3v) is 7.44. The Morgan fingerprint density at radius 3 is 2.15 bits per heavy atom. The molecule has 0 radical (unpaired) electrons. The van der Waals surface area contributed by atoms with E-state index in [0.29, 0.717) is 0 Å². The zero-order valence-corrected chi connectivity index (χ0v) is 21.0. The van der Waals surface area contributed by atoms with E-state index in [-0.39, 0.29) is 11.3 Å². The van der Waals surface area contributed by atoms with Crippen LogP contribution in [0.2, 0.25) is 0 Å². The van der Waals surface area contributed by atoms with Crippen LogP contribution in [0.1, 0.15) is 23.3 Å². The number of aliphatic hydroxyl groups is 7. The zero-order chi connectivity index (χ0) is 29.9. The van der Waals surface area contributed by atoms with Gasteiger partial charge in [-0.2, -0.15) is 0 Å². The maximum atomic E-state index is 13.4. The molecule has 15 nitrogen and oxygen atoms in total. The molecule has 0 saturated carbocycles. The predicted octanol–water partition coefficient (Wildman–Crippen LogP) is -2.05. The monoisotopic (exact) mass is 580 g/mol. The molecule has 0 amide bonds. The first kappa shape index (κ1) is 29.0. The summed E-state index contributed by atoms with van der Waals surface area (Å²) >= 11 is 0. The molecule has 9 atom stereocenters. The van der Waals surface area contributed by atoms with Crippen LogP contribution in [-0.4, -0.2) is 112 Å². The van der Waals surface area contributed by atoms with Crippen molar-refractivity contribution in [2.75, 3.05) is 13.2 Å². The average molecular weight is 580 g/mol. The Balaban J connectivity index is 1.82. The third kappa shape index (κ3) is 4.57. The lowest BCUT2D eigenvalue weighted by atomic mass is 9.85. The second-order valence-electron chi connectivity index (χ2n) is 9.93. The summed E-state index contributed by atoms with van der Waals surface area (Å²) in [5.74, 6) is -3.58. The molecular weight excluding hydrogens is 552 g/mol. The van der Waals surface area contributed by atoms with Crippen molar-refractivity contribution in [1.29, 1.82) is 0 Å². The Bertz CT molecular complexity index is 1520. The van der Waals surface area contributed by atoms with Crippen molar-refractivity contribution in [1.82, 2.24) is 0 Å². The molecular formula is C26H28O15. The summed E-state index contributed by atoms with van der Waals surface area (Å²) in [5.41, 5.74) is -3.03. The van der Waals surface area contributed by atoms with Crippen molar-refractivity contribution in [3.05, 3.63) is 45.6 Å². The number of phenolic OH excluding ortho intramolecular Hbond substituents is 4. The quantitative estimate of drug-likeness (QED) is 0.148. The van der Waals surface area contributed by atoms with Crippen molar-refractivity contribution in [3.63, 3.8) is 0 Å². The number of ether oxygens (including phenoxy) is 2. The number of hydrogen-bond donors (Lipinski definition) is 11. The molecule has 41 heavy (non-hydrogen) atoms. The summed E-state index contributed by atoms with van der Waals surface area (Å²) in [6.07, 6.45) is -16.1. The summed E-state index contributed by atoms with van der Waals surface area (Å²) in [5, 5.41) is 114. The highest BCUT2D eigenvalue weighted by Crippen LogP contribution is 2.50. The molecule has 0 unspecified atom stereocenters. The maximum absolute atomic E-state index is 13.4. The largest absolute Gasteiger partial charge is 0.507 e. The lowest BCUT2D eigenvalue weighted by Crippen LogP contribution is -2.55. The van der Waals surface area contributed by atoms with Crippen LogP contribution in [0.15, 0.2) is 33.5 Å². The van der Waals surface area contributed by atoms with Crippen molar-refractivity contribution in [2.45, 2.75) is 54.9 Å². The topological polar surface area (TPSA) is 271 Å². The van der Waals surface area contributed by atoms with E-state index in [1.165, 1.54) is 12.1 Å². The number of phenols is 4. The number of hydrogen-bond acceptors (Lipinski definition) is 15. The fourth-order valence-corrected chi connectivity index (χ4v) is 5.20. The van der Waals surface area contributed by atoms with Crippen LogP contribution < -0.4 is 5.43 Å². The van der Waals surface area contributed by atoms with Gasteiger partial charge in [0.2, 0.25) is 0 Å². The third-order valence-electron chi connectivity index (χ3n) is 7.44. The van der Waals surface area contributed by atoms with E-state index in [1.807, 2.05) is 0 Å². The van der Waals surface area contributed by atoms with Gasteiger partial charge in [0.25, 0.3) is 0 Å². The summed E-state index contributed by atoms with van der Waals surface area (Å²) < 4.78 is 16.8. The molecule has 2 aliphatic heterocycles. The smallest absolute Gasteiger partial charge is 0.197 e. The molecule has 0 bridgehead atoms. The molecule has 0 spiro atoms. The Hall–Kier alpha value is -3.51. The fourth-order valence-electron chi connectivity index (χ4n) is 5.20. The van der Waals surface area contributed by atoms with Gasteiger partial charge in [-0.05, 0) is 12.1 Å². The first-order chi connectivity index (χ1) is 19.4. The van der Waals surface area contributed by atoms with Crippen molar-refractivity contribution >= 4 is 11.0 Å². The van der Waals surface area contributed by atoms with Crippen molar-refractivity contribution in [3.8, 4) is 34.3 Å². The van der Waals surface area contributed by atoms with E-state index in [2.05, 4.69) is 0 Å². The molecule has 11 N–H and O–H groups in total. The van der Waals surface area contributed by atoms with Gasteiger partial charge in [0.15, 0.2) is 22.5 Å². The predicted molar refractivity (Wildman–Crippen MR) is 134 cm³/mol. The number of fused-ring (bicyclic) bond motifs is 1. The average Bonchev–Trinajstić information content (AvgIpc) is 2.94. The van der Waals surface area contributed by atoms with Gasteiger partial charge in [-0.25, -0.2) is 0 Å². The summed E-state index contributed by atoms with van der Waals surface area (Å²) in [4.78, 5) is 13.4. The summed E-state index contributed by atoms with van der Waals surface area (Å²) in [6.45, 7) is -1.41. The van der Waals surface area contributed by atoms with Gasteiger partial charge in [0, 0.05) is 6.07 Å². The van der Waals surface area contributed by atoms with E-state index < -0.39 is 119 Å². The van der Waals surface area contributed by atoms with Gasteiger partial charge in [-0.15, -0.1) is 0 Å². The number of aromatic hydroxyl groups is 4. The van der Waals surface area contributed by atoms with Gasteiger partial charge in [0.1, 0.15) is 77.6 Å². The van der Waals surface area contributed by atoms with Gasteiger partial charge >= 0.3 is 0 Å². The standard InChI is InChI=1S/C26H28O15/c27-5-12-18(33)21(36)23(38)26(41-12)14-19(34)13-9(29)4-11(7-2-1-3-8(28)16(7)31)40-24(13)15(20(14)35)25-22(37)17(32)10(30)6-39-25/h1-4,10,12,17-18,21-23,25-28,30-38H,5-6H2/t10-,12+,17-,18+,21-,22-,23+,25-,26-/m0/s1. The van der Waals surface area contributed by atoms with Gasteiger partial charge < -0.3 is 70.1 Å². The zero-order valence-electron chi connectivity index (χ0n) is 21.0. The summed E-state index contributed by atoms with van der Waals surface area (Å²) in [6, 6.07) is 4.61. The Kier molecular flexibility index (Phi) is 7.58. The Morgan fingerprint density at radius 2 is 1.46 bits per heavy atom. The molecule has 0 aliphatic carbocycles. The van der Waals surface area contributed by atoms with E-state index in [9.17, 15) is 61.0 Å². The molecule has 2 aliphatic rings. The number of aliphatic hydroxyl groups excluding tert-OH is 7. The minimum atomic E-state index is -2.02. The molecule has 3 aromatic rings. The van der Waals surface area contributed by atoms with E-state index in [0.717, 1.165) is 12.1 Å². The fraction of sp³-hybridized carbons (Fsp3) is 0.423. The molecule has 15 heteroatoms. The minimum Gasteiger partial charge on any atom is -0.507 e. The lowest BCUT2D eigenvalue weighted by molar-refractivity contribution is -0.232. The number of para-hydroxylation sites is 1. The van der Waals surface area contributed by atoms with Crippen LogP contribution in [0.5, 0.6) is 23.0 Å². The Morgan fingerprint density at radius 1 is 0.780 bits per heavy atom. The van der Waals surface area contributed by atoms with E-state index >= 15 is 0 Å². The lowest BCUT2D eigenvalue weighted by Gasteiger charge is -2.41. The highest BCUT2D eigenvalue weighted by molar-refractivity contribution is 5.92. The molecule has 2 aromatic carbocycles. The van der Waals surface area contributed by atoms with Crippen LogP contribution in [0.3, 0.4) is 0 Å². The molecule has 2 saturated heterocycles. The van der Waals surface area contributed by atoms with Crippen LogP contribution >= 0.6 is 0 Å². The van der Waals surface area contributed by atoms with Crippen LogP contribution in [0, 0.1) is 0 Å². The number of benzene rings is 2. The maximum Gasteiger partial charge on any atom is 0.197 e. The molecule has 2 fully saturated rings. The van der Waals surface area contributed by atoms with Crippen molar-refractivity contribution in [2.24, 2.45) is 0 Å². The first-order valence-corrected chi connectivity index (χ1v) is 12.4. The molecule has 3 heterocycles. The molecule has 5 rings (SSSR count). The normalized spacial score (nSPS) is 32.3. The first-order valence-electron chi connectivity index (χ1n) is 12.4. The van der Waals surface area contributed by atoms with Gasteiger partial charge in [-0.1, -0.05) is 6.07 Å². The SMILES string of the molecule is O=c1cc(-c2cccc(O)c2O)oc2c([C@@H]3OC[C@H](O)[C@H](O)[C@@H]3O)c(O)c([C@@H]3O[C@H](CO)[C@@H](O)[C@H](O)[C@H]3O)c(O)c12. The highest BCUT2D eigenvalue weighted by Gasteiger charge is 2.48. The van der Waals surface area contributed by atoms with E-state index in [1.54, 1.807) is 0 Å².